The van der Waals surface area contributed by atoms with E-state index in [0.29, 0.717) is 12.8 Å². The van der Waals surface area contributed by atoms with Gasteiger partial charge in [-0.25, -0.2) is 9.18 Å². The fourth-order valence-corrected chi connectivity index (χ4v) is 3.06. The second kappa shape index (κ2) is 6.78. The molecule has 3 nitrogen and oxygen atoms in total. The molecule has 134 valence electrons. The third-order valence-electron chi connectivity index (χ3n) is 4.48. The van der Waals surface area contributed by atoms with Crippen LogP contribution in [0, 0.1) is 17.2 Å². The molecule has 0 atom stereocenters. The number of ether oxygens (including phenoxy) is 1. The Bertz CT molecular complexity index is 622. The number of rotatable bonds is 4. The van der Waals surface area contributed by atoms with Gasteiger partial charge in [0.2, 0.25) is 0 Å². The molecule has 1 aromatic rings. The van der Waals surface area contributed by atoms with Crippen molar-refractivity contribution in [3.63, 3.8) is 0 Å². The Morgan fingerprint density at radius 2 is 1.96 bits per heavy atom. The van der Waals surface area contributed by atoms with E-state index in [4.69, 9.17) is 21.4 Å². The summed E-state index contributed by atoms with van der Waals surface area (Å²) in [6.07, 6.45) is -3.44. The van der Waals surface area contributed by atoms with Crippen molar-refractivity contribution in [3.8, 4) is 5.75 Å². The zero-order chi connectivity index (χ0) is 18.1. The van der Waals surface area contributed by atoms with E-state index in [1.165, 1.54) is 0 Å². The zero-order valence-electron chi connectivity index (χ0n) is 12.9. The minimum Gasteiger partial charge on any atom is -0.491 e. The van der Waals surface area contributed by atoms with Gasteiger partial charge in [0.05, 0.1) is 23.1 Å². The predicted octanol–water partition coefficient (Wildman–Crippen LogP) is 5.31. The van der Waals surface area contributed by atoms with Gasteiger partial charge < -0.3 is 9.84 Å². The number of benzene rings is 1. The summed E-state index contributed by atoms with van der Waals surface area (Å²) in [6.45, 7) is 1.90. The zero-order valence-corrected chi connectivity index (χ0v) is 13.7. The highest BCUT2D eigenvalue weighted by Gasteiger charge is 2.44. The summed E-state index contributed by atoms with van der Waals surface area (Å²) < 4.78 is 57.3. The summed E-state index contributed by atoms with van der Waals surface area (Å²) in [6, 6.07) is 1.84. The van der Waals surface area contributed by atoms with Gasteiger partial charge in [0.25, 0.3) is 0 Å². The van der Waals surface area contributed by atoms with Gasteiger partial charge in [0, 0.05) is 11.5 Å². The molecule has 0 unspecified atom stereocenters. The molecule has 1 saturated carbocycles. The van der Waals surface area contributed by atoms with E-state index in [1.807, 2.05) is 6.92 Å². The third kappa shape index (κ3) is 4.32. The van der Waals surface area contributed by atoms with Crippen LogP contribution in [0.15, 0.2) is 12.1 Å². The number of carbonyl (C=O) groups is 1. The molecule has 1 aliphatic rings. The Morgan fingerprint density at radius 3 is 2.46 bits per heavy atom. The lowest BCUT2D eigenvalue weighted by atomic mass is 9.72. The first kappa shape index (κ1) is 18.8. The van der Waals surface area contributed by atoms with Crippen LogP contribution in [-0.4, -0.2) is 23.9 Å². The van der Waals surface area contributed by atoms with E-state index in [2.05, 4.69) is 0 Å². The van der Waals surface area contributed by atoms with Crippen LogP contribution < -0.4 is 4.74 Å². The normalized spacial score (nSPS) is 24.7. The topological polar surface area (TPSA) is 46.5 Å². The smallest absolute Gasteiger partial charge is 0.391 e. The first-order valence-corrected chi connectivity index (χ1v) is 7.81. The molecule has 24 heavy (non-hydrogen) atoms. The summed E-state index contributed by atoms with van der Waals surface area (Å²) in [5, 5.41) is 8.76. The number of hydrogen-bond donors (Lipinski definition) is 1. The second-order valence-electron chi connectivity index (χ2n) is 6.48. The summed E-state index contributed by atoms with van der Waals surface area (Å²) in [7, 11) is 0. The van der Waals surface area contributed by atoms with Crippen molar-refractivity contribution in [2.24, 2.45) is 11.3 Å². The molecule has 8 heteroatoms. The quantitative estimate of drug-likeness (QED) is 0.732. The first-order valence-electron chi connectivity index (χ1n) is 7.44. The molecule has 0 radical (unpaired) electrons. The summed E-state index contributed by atoms with van der Waals surface area (Å²) >= 11 is 5.89. The number of carboxylic acids is 1. The molecule has 0 bridgehead atoms. The number of halogens is 5. The maximum absolute atomic E-state index is 13.7. The Labute approximate surface area is 141 Å². The summed E-state index contributed by atoms with van der Waals surface area (Å²) in [5.74, 6) is -3.73. The molecule has 0 spiro atoms. The van der Waals surface area contributed by atoms with E-state index >= 15 is 0 Å². The van der Waals surface area contributed by atoms with Crippen molar-refractivity contribution >= 4 is 17.6 Å². The van der Waals surface area contributed by atoms with E-state index in [0.717, 1.165) is 12.1 Å². The Balaban J connectivity index is 2.01. The first-order chi connectivity index (χ1) is 11.0. The van der Waals surface area contributed by atoms with Gasteiger partial charge in [0.15, 0.2) is 0 Å². The third-order valence-corrected chi connectivity index (χ3v) is 4.78. The molecule has 0 amide bonds. The standard InChI is InChI=1S/C16H17ClF4O3/c1-15(4-2-9(3-5-15)16(19,20)21)8-24-13-7-12(18)10(14(22)23)6-11(13)17/h6-7,9H,2-5,8H2,1H3,(H,22,23). The predicted molar refractivity (Wildman–Crippen MR) is 80.0 cm³/mol. The highest BCUT2D eigenvalue weighted by atomic mass is 35.5. The van der Waals surface area contributed by atoms with Gasteiger partial charge in [-0.05, 0) is 31.7 Å². The molecular formula is C16H17ClF4O3. The van der Waals surface area contributed by atoms with Crippen LogP contribution in [0.3, 0.4) is 0 Å². The fourth-order valence-electron chi connectivity index (χ4n) is 2.84. The van der Waals surface area contributed by atoms with E-state index in [-0.39, 0.29) is 30.2 Å². The van der Waals surface area contributed by atoms with E-state index < -0.39 is 34.9 Å². The maximum atomic E-state index is 13.7. The molecule has 0 saturated heterocycles. The van der Waals surface area contributed by atoms with Gasteiger partial charge in [-0.2, -0.15) is 13.2 Å². The SMILES string of the molecule is CC1(COc2cc(F)c(C(=O)O)cc2Cl)CCC(C(F)(F)F)CC1. The van der Waals surface area contributed by atoms with Crippen LogP contribution in [0.4, 0.5) is 17.6 Å². The van der Waals surface area contributed by atoms with Crippen LogP contribution in [0.5, 0.6) is 5.75 Å². The lowest BCUT2D eigenvalue weighted by Gasteiger charge is -2.37. The van der Waals surface area contributed by atoms with E-state index in [1.54, 1.807) is 0 Å². The van der Waals surface area contributed by atoms with Crippen molar-refractivity contribution in [2.45, 2.75) is 38.8 Å². The highest BCUT2D eigenvalue weighted by Crippen LogP contribution is 2.45. The summed E-state index contributed by atoms with van der Waals surface area (Å²) in [5.41, 5.74) is -1.03. The maximum Gasteiger partial charge on any atom is 0.391 e. The molecule has 2 rings (SSSR count). The Kier molecular flexibility index (Phi) is 5.32. The second-order valence-corrected chi connectivity index (χ2v) is 6.89. The summed E-state index contributed by atoms with van der Waals surface area (Å²) in [4.78, 5) is 10.8. The molecular weight excluding hydrogens is 352 g/mol. The van der Waals surface area contributed by atoms with Crippen molar-refractivity contribution in [1.29, 1.82) is 0 Å². The van der Waals surface area contributed by atoms with E-state index in [9.17, 15) is 22.4 Å². The van der Waals surface area contributed by atoms with Crippen LogP contribution in [0.1, 0.15) is 43.0 Å². The molecule has 1 aromatic carbocycles. The fraction of sp³-hybridized carbons (Fsp3) is 0.562. The number of carboxylic acid groups (broad SMARTS) is 1. The van der Waals surface area contributed by atoms with Crippen LogP contribution in [0.25, 0.3) is 0 Å². The van der Waals surface area contributed by atoms with Crippen LogP contribution in [0.2, 0.25) is 5.02 Å². The van der Waals surface area contributed by atoms with Crippen molar-refractivity contribution in [2.75, 3.05) is 6.61 Å². The van der Waals surface area contributed by atoms with Gasteiger partial charge in [-0.3, -0.25) is 0 Å². The number of aromatic carboxylic acids is 1. The molecule has 0 heterocycles. The van der Waals surface area contributed by atoms with Crippen LogP contribution >= 0.6 is 11.6 Å². The minimum atomic E-state index is -4.18. The molecule has 1 aliphatic carbocycles. The van der Waals surface area contributed by atoms with Gasteiger partial charge >= 0.3 is 12.1 Å². The van der Waals surface area contributed by atoms with Gasteiger partial charge in [0.1, 0.15) is 11.6 Å². The van der Waals surface area contributed by atoms with Crippen molar-refractivity contribution in [3.05, 3.63) is 28.5 Å². The Morgan fingerprint density at radius 1 is 1.38 bits per heavy atom. The Hall–Kier alpha value is -1.50. The number of alkyl halides is 3. The highest BCUT2D eigenvalue weighted by molar-refractivity contribution is 6.32. The van der Waals surface area contributed by atoms with Crippen molar-refractivity contribution < 1.29 is 32.2 Å². The average Bonchev–Trinajstić information content (AvgIpc) is 2.47. The number of hydrogen-bond acceptors (Lipinski definition) is 2. The van der Waals surface area contributed by atoms with Crippen LogP contribution in [-0.2, 0) is 0 Å². The molecule has 1 fully saturated rings. The lowest BCUT2D eigenvalue weighted by molar-refractivity contribution is -0.187. The molecule has 1 N–H and O–H groups in total. The van der Waals surface area contributed by atoms with Crippen molar-refractivity contribution in [1.82, 2.24) is 0 Å². The molecule has 0 aliphatic heterocycles. The minimum absolute atomic E-state index is 0.0154. The lowest BCUT2D eigenvalue weighted by Crippen LogP contribution is -2.35. The average molecular weight is 369 g/mol. The molecule has 0 aromatic heterocycles. The van der Waals surface area contributed by atoms with Gasteiger partial charge in [-0.1, -0.05) is 18.5 Å². The largest absolute Gasteiger partial charge is 0.491 e. The van der Waals surface area contributed by atoms with Gasteiger partial charge in [-0.15, -0.1) is 0 Å². The monoisotopic (exact) mass is 368 g/mol.